The number of likely N-dealkylation sites (tertiary alicyclic amines) is 1. The van der Waals surface area contributed by atoms with Gasteiger partial charge in [0.1, 0.15) is 5.82 Å². The standard InChI is InChI=1S/C19H28N4/c1-2-23-18-10-6-5-8-16(18)21-19(23)14-22-13-11-15-17(22)9-4-3-7-12-20-15/h5-6,8,10,15,17,20H,2-4,7,9,11-14H2,1H3/t15-,17+/m0/s1. The summed E-state index contributed by atoms with van der Waals surface area (Å²) in [7, 11) is 0. The molecule has 0 unspecified atom stereocenters. The highest BCUT2D eigenvalue weighted by Crippen LogP contribution is 2.27. The van der Waals surface area contributed by atoms with Crippen molar-refractivity contribution in [3.63, 3.8) is 0 Å². The maximum absolute atomic E-state index is 4.93. The van der Waals surface area contributed by atoms with E-state index >= 15 is 0 Å². The number of fused-ring (bicyclic) bond motifs is 2. The van der Waals surface area contributed by atoms with Crippen molar-refractivity contribution in [1.29, 1.82) is 0 Å². The third-order valence-corrected chi connectivity index (χ3v) is 5.64. The first-order valence-corrected chi connectivity index (χ1v) is 9.28. The number of benzene rings is 1. The van der Waals surface area contributed by atoms with Gasteiger partial charge in [-0.3, -0.25) is 4.90 Å². The van der Waals surface area contributed by atoms with E-state index in [1.54, 1.807) is 0 Å². The monoisotopic (exact) mass is 312 g/mol. The fraction of sp³-hybridized carbons (Fsp3) is 0.632. The molecule has 2 saturated heterocycles. The molecule has 4 nitrogen and oxygen atoms in total. The summed E-state index contributed by atoms with van der Waals surface area (Å²) in [4.78, 5) is 7.60. The normalized spacial score (nSPS) is 26.1. The smallest absolute Gasteiger partial charge is 0.124 e. The van der Waals surface area contributed by atoms with Crippen LogP contribution in [0.2, 0.25) is 0 Å². The molecule has 2 fully saturated rings. The van der Waals surface area contributed by atoms with Gasteiger partial charge >= 0.3 is 0 Å². The van der Waals surface area contributed by atoms with Crippen molar-refractivity contribution in [2.45, 2.75) is 64.2 Å². The molecule has 1 aromatic carbocycles. The number of nitrogens with one attached hydrogen (secondary N) is 1. The van der Waals surface area contributed by atoms with E-state index in [0.29, 0.717) is 12.1 Å². The van der Waals surface area contributed by atoms with Gasteiger partial charge in [0.15, 0.2) is 0 Å². The van der Waals surface area contributed by atoms with Gasteiger partial charge in [0, 0.05) is 25.2 Å². The van der Waals surface area contributed by atoms with Crippen molar-refractivity contribution in [3.05, 3.63) is 30.1 Å². The maximum Gasteiger partial charge on any atom is 0.124 e. The second kappa shape index (κ2) is 6.62. The lowest BCUT2D eigenvalue weighted by Gasteiger charge is -2.30. The highest BCUT2D eigenvalue weighted by molar-refractivity contribution is 5.75. The van der Waals surface area contributed by atoms with Crippen molar-refractivity contribution >= 4 is 11.0 Å². The third kappa shape index (κ3) is 2.90. The van der Waals surface area contributed by atoms with Gasteiger partial charge in [0.2, 0.25) is 0 Å². The zero-order valence-corrected chi connectivity index (χ0v) is 14.2. The zero-order chi connectivity index (χ0) is 15.6. The van der Waals surface area contributed by atoms with E-state index in [2.05, 4.69) is 46.0 Å². The molecule has 1 N–H and O–H groups in total. The minimum absolute atomic E-state index is 0.690. The summed E-state index contributed by atoms with van der Waals surface area (Å²) in [6.45, 7) is 6.61. The van der Waals surface area contributed by atoms with E-state index in [-0.39, 0.29) is 0 Å². The first kappa shape index (κ1) is 15.2. The lowest BCUT2D eigenvalue weighted by molar-refractivity contribution is 0.198. The molecule has 0 radical (unpaired) electrons. The molecule has 4 heteroatoms. The van der Waals surface area contributed by atoms with Crippen LogP contribution in [0.3, 0.4) is 0 Å². The molecule has 23 heavy (non-hydrogen) atoms. The second-order valence-corrected chi connectivity index (χ2v) is 7.00. The predicted molar refractivity (Wildman–Crippen MR) is 94.5 cm³/mol. The van der Waals surface area contributed by atoms with Crippen molar-refractivity contribution in [2.24, 2.45) is 0 Å². The molecule has 0 aliphatic carbocycles. The Hall–Kier alpha value is -1.39. The van der Waals surface area contributed by atoms with Gasteiger partial charge < -0.3 is 9.88 Å². The van der Waals surface area contributed by atoms with Gasteiger partial charge in [-0.15, -0.1) is 0 Å². The van der Waals surface area contributed by atoms with Crippen LogP contribution in [0.1, 0.15) is 44.9 Å². The summed E-state index contributed by atoms with van der Waals surface area (Å²) < 4.78 is 2.39. The van der Waals surface area contributed by atoms with Crippen LogP contribution in [0.4, 0.5) is 0 Å². The van der Waals surface area contributed by atoms with E-state index in [4.69, 9.17) is 4.98 Å². The van der Waals surface area contributed by atoms with Gasteiger partial charge in [0.05, 0.1) is 17.6 Å². The highest BCUT2D eigenvalue weighted by Gasteiger charge is 2.34. The number of aryl methyl sites for hydroxylation is 1. The van der Waals surface area contributed by atoms with Crippen LogP contribution in [0.25, 0.3) is 11.0 Å². The lowest BCUT2D eigenvalue weighted by Crippen LogP contribution is -2.43. The molecule has 124 valence electrons. The average molecular weight is 312 g/mol. The second-order valence-electron chi connectivity index (χ2n) is 7.00. The van der Waals surface area contributed by atoms with Gasteiger partial charge in [-0.25, -0.2) is 4.98 Å². The Bertz CT molecular complexity index is 662. The Kier molecular flexibility index (Phi) is 4.36. The summed E-state index contributed by atoms with van der Waals surface area (Å²) in [5.41, 5.74) is 2.41. The van der Waals surface area contributed by atoms with Crippen molar-refractivity contribution in [3.8, 4) is 0 Å². The number of nitrogens with zero attached hydrogens (tertiary/aromatic N) is 3. The third-order valence-electron chi connectivity index (χ3n) is 5.64. The van der Waals surface area contributed by atoms with Gasteiger partial charge in [0.25, 0.3) is 0 Å². The van der Waals surface area contributed by atoms with Crippen LogP contribution in [0.15, 0.2) is 24.3 Å². The van der Waals surface area contributed by atoms with Gasteiger partial charge in [-0.2, -0.15) is 0 Å². The minimum atomic E-state index is 0.690. The summed E-state index contributed by atoms with van der Waals surface area (Å²) in [6, 6.07) is 9.92. The molecule has 0 bridgehead atoms. The van der Waals surface area contributed by atoms with E-state index in [0.717, 1.165) is 18.6 Å². The van der Waals surface area contributed by atoms with Crippen LogP contribution in [-0.2, 0) is 13.1 Å². The quantitative estimate of drug-likeness (QED) is 0.945. The van der Waals surface area contributed by atoms with E-state index < -0.39 is 0 Å². The number of aromatic nitrogens is 2. The van der Waals surface area contributed by atoms with E-state index in [1.165, 1.54) is 56.5 Å². The Morgan fingerprint density at radius 1 is 1.17 bits per heavy atom. The Balaban J connectivity index is 1.57. The molecule has 2 atom stereocenters. The zero-order valence-electron chi connectivity index (χ0n) is 14.2. The van der Waals surface area contributed by atoms with Crippen molar-refractivity contribution < 1.29 is 0 Å². The van der Waals surface area contributed by atoms with Crippen LogP contribution >= 0.6 is 0 Å². The molecular weight excluding hydrogens is 284 g/mol. The molecule has 0 amide bonds. The Morgan fingerprint density at radius 2 is 2.09 bits per heavy atom. The summed E-state index contributed by atoms with van der Waals surface area (Å²) in [5.74, 6) is 1.23. The molecule has 2 aliphatic heterocycles. The van der Waals surface area contributed by atoms with Crippen molar-refractivity contribution in [1.82, 2.24) is 19.8 Å². The molecule has 0 spiro atoms. The van der Waals surface area contributed by atoms with E-state index in [1.807, 2.05) is 0 Å². The summed E-state index contributed by atoms with van der Waals surface area (Å²) in [5, 5.41) is 3.79. The summed E-state index contributed by atoms with van der Waals surface area (Å²) >= 11 is 0. The summed E-state index contributed by atoms with van der Waals surface area (Å²) in [6.07, 6.45) is 6.72. The SMILES string of the molecule is CCn1c(CN2CC[C@@H]3NCCCCC[C@H]32)nc2ccccc21. The molecule has 3 heterocycles. The average Bonchev–Trinajstić information content (AvgIpc) is 3.07. The minimum Gasteiger partial charge on any atom is -0.327 e. The molecule has 2 aromatic rings. The molecule has 4 rings (SSSR count). The van der Waals surface area contributed by atoms with Gasteiger partial charge in [-0.05, 0) is 44.9 Å². The number of para-hydroxylation sites is 2. The lowest BCUT2D eigenvalue weighted by atomic mass is 9.99. The number of hydrogen-bond donors (Lipinski definition) is 1. The fourth-order valence-electron chi connectivity index (χ4n) is 4.46. The molecule has 0 saturated carbocycles. The number of rotatable bonds is 3. The first-order chi connectivity index (χ1) is 11.4. The number of imidazole rings is 1. The number of hydrogen-bond acceptors (Lipinski definition) is 3. The Labute approximate surface area is 138 Å². The van der Waals surface area contributed by atoms with Crippen LogP contribution in [0.5, 0.6) is 0 Å². The largest absolute Gasteiger partial charge is 0.327 e. The fourth-order valence-corrected chi connectivity index (χ4v) is 4.46. The predicted octanol–water partition coefficient (Wildman–Crippen LogP) is 3.16. The highest BCUT2D eigenvalue weighted by atomic mass is 15.2. The molecular formula is C19H28N4. The first-order valence-electron chi connectivity index (χ1n) is 9.28. The van der Waals surface area contributed by atoms with Crippen LogP contribution in [-0.4, -0.2) is 39.6 Å². The molecule has 2 aliphatic rings. The van der Waals surface area contributed by atoms with Crippen molar-refractivity contribution in [2.75, 3.05) is 13.1 Å². The Morgan fingerprint density at radius 3 is 3.00 bits per heavy atom. The van der Waals surface area contributed by atoms with Gasteiger partial charge in [-0.1, -0.05) is 25.0 Å². The van der Waals surface area contributed by atoms with E-state index in [9.17, 15) is 0 Å². The molecule has 1 aromatic heterocycles. The van der Waals surface area contributed by atoms with Crippen LogP contribution in [0, 0.1) is 0 Å². The maximum atomic E-state index is 4.93. The van der Waals surface area contributed by atoms with Crippen LogP contribution < -0.4 is 5.32 Å². The topological polar surface area (TPSA) is 33.1 Å².